The van der Waals surface area contributed by atoms with Crippen LogP contribution in [0.15, 0.2) is 30.5 Å². The quantitative estimate of drug-likeness (QED) is 0.860. The number of halogens is 1. The van der Waals surface area contributed by atoms with E-state index in [1.165, 1.54) is 16.6 Å². The first kappa shape index (κ1) is 11.9. The van der Waals surface area contributed by atoms with Crippen LogP contribution >= 0.6 is 11.6 Å². The van der Waals surface area contributed by atoms with Gasteiger partial charge in [0.25, 0.3) is 0 Å². The van der Waals surface area contributed by atoms with Gasteiger partial charge in [-0.05, 0) is 18.2 Å². The molecule has 0 bridgehead atoms. The van der Waals surface area contributed by atoms with E-state index in [0.717, 1.165) is 38.6 Å². The number of anilines is 1. The summed E-state index contributed by atoms with van der Waals surface area (Å²) < 4.78 is 0. The Hall–Kier alpha value is -1.19. The molecule has 2 aromatic rings. The molecule has 0 atom stereocenters. The fourth-order valence-electron chi connectivity index (χ4n) is 2.68. The maximum atomic E-state index is 5.79. The molecule has 2 heterocycles. The molecule has 4 heteroatoms. The molecule has 0 amide bonds. The van der Waals surface area contributed by atoms with Crippen molar-refractivity contribution in [1.82, 2.24) is 9.88 Å². The van der Waals surface area contributed by atoms with Crippen molar-refractivity contribution in [3.8, 4) is 0 Å². The first-order chi connectivity index (χ1) is 8.88. The minimum absolute atomic E-state index is 0.730. The fourth-order valence-corrected chi connectivity index (χ4v) is 2.92. The van der Waals surface area contributed by atoms with Gasteiger partial charge in [0.15, 0.2) is 0 Å². The number of nitrogens with one attached hydrogen (secondary N) is 1. The SMILES string of the molecule is ClCCN1CCN(c2cccc3[nH]ccc23)CC1. The van der Waals surface area contributed by atoms with Gasteiger partial charge in [-0.3, -0.25) is 4.90 Å². The third kappa shape index (κ3) is 2.20. The van der Waals surface area contributed by atoms with E-state index in [-0.39, 0.29) is 0 Å². The summed E-state index contributed by atoms with van der Waals surface area (Å²) in [5.74, 6) is 0.730. The fraction of sp³-hybridized carbons (Fsp3) is 0.429. The number of hydrogen-bond acceptors (Lipinski definition) is 2. The molecule has 1 saturated heterocycles. The van der Waals surface area contributed by atoms with Crippen molar-refractivity contribution < 1.29 is 0 Å². The molecule has 0 unspecified atom stereocenters. The Bertz CT molecular complexity index is 514. The van der Waals surface area contributed by atoms with Crippen molar-refractivity contribution in [2.45, 2.75) is 0 Å². The molecule has 1 aromatic heterocycles. The zero-order valence-corrected chi connectivity index (χ0v) is 11.2. The Labute approximate surface area is 112 Å². The first-order valence-electron chi connectivity index (χ1n) is 6.48. The van der Waals surface area contributed by atoms with Crippen LogP contribution in [0.25, 0.3) is 10.9 Å². The second-order valence-electron chi connectivity index (χ2n) is 4.73. The number of aromatic amines is 1. The van der Waals surface area contributed by atoms with Gasteiger partial charge in [-0.1, -0.05) is 6.07 Å². The van der Waals surface area contributed by atoms with Crippen molar-refractivity contribution in [2.75, 3.05) is 43.5 Å². The Balaban J connectivity index is 1.78. The van der Waals surface area contributed by atoms with E-state index in [1.54, 1.807) is 0 Å². The van der Waals surface area contributed by atoms with E-state index in [0.29, 0.717) is 0 Å². The number of nitrogens with zero attached hydrogens (tertiary/aromatic N) is 2. The zero-order valence-electron chi connectivity index (χ0n) is 10.4. The van der Waals surface area contributed by atoms with E-state index in [1.807, 2.05) is 6.20 Å². The second-order valence-corrected chi connectivity index (χ2v) is 5.11. The molecule has 1 aliphatic rings. The van der Waals surface area contributed by atoms with Crippen molar-refractivity contribution in [3.05, 3.63) is 30.5 Å². The number of aromatic nitrogens is 1. The monoisotopic (exact) mass is 263 g/mol. The zero-order chi connectivity index (χ0) is 12.4. The number of H-pyrrole nitrogens is 1. The van der Waals surface area contributed by atoms with Gasteiger partial charge in [0, 0.05) is 61.4 Å². The van der Waals surface area contributed by atoms with Crippen LogP contribution in [0.1, 0.15) is 0 Å². The summed E-state index contributed by atoms with van der Waals surface area (Å²) in [5.41, 5.74) is 2.56. The minimum atomic E-state index is 0.730. The summed E-state index contributed by atoms with van der Waals surface area (Å²) in [6.07, 6.45) is 2.01. The summed E-state index contributed by atoms with van der Waals surface area (Å²) in [6.45, 7) is 5.38. The predicted octanol–water partition coefficient (Wildman–Crippen LogP) is 2.53. The standard InChI is InChI=1S/C14H18ClN3/c15-5-7-17-8-10-18(11-9-17)14-3-1-2-13-12(14)4-6-16-13/h1-4,6,16H,5,7-11H2. The van der Waals surface area contributed by atoms with E-state index in [9.17, 15) is 0 Å². The van der Waals surface area contributed by atoms with E-state index in [2.05, 4.69) is 39.0 Å². The molecular weight excluding hydrogens is 246 g/mol. The molecule has 0 saturated carbocycles. The lowest BCUT2D eigenvalue weighted by atomic mass is 10.2. The topological polar surface area (TPSA) is 22.3 Å². The Morgan fingerprint density at radius 2 is 1.94 bits per heavy atom. The summed E-state index contributed by atoms with van der Waals surface area (Å²) >= 11 is 5.79. The Kier molecular flexibility index (Phi) is 3.43. The third-order valence-electron chi connectivity index (χ3n) is 3.69. The van der Waals surface area contributed by atoms with Crippen LogP contribution in [0.4, 0.5) is 5.69 Å². The van der Waals surface area contributed by atoms with Crippen LogP contribution in [-0.2, 0) is 0 Å². The summed E-state index contributed by atoms with van der Waals surface area (Å²) in [4.78, 5) is 8.18. The van der Waals surface area contributed by atoms with Crippen LogP contribution in [0.2, 0.25) is 0 Å². The van der Waals surface area contributed by atoms with Gasteiger partial charge in [0.1, 0.15) is 0 Å². The number of piperazine rings is 1. The molecule has 3 nitrogen and oxygen atoms in total. The number of hydrogen-bond donors (Lipinski definition) is 1. The molecule has 0 radical (unpaired) electrons. The highest BCUT2D eigenvalue weighted by Gasteiger charge is 2.18. The van der Waals surface area contributed by atoms with Crippen LogP contribution < -0.4 is 4.90 Å². The molecule has 0 spiro atoms. The van der Waals surface area contributed by atoms with Crippen LogP contribution in [0.3, 0.4) is 0 Å². The lowest BCUT2D eigenvalue weighted by Gasteiger charge is -2.36. The van der Waals surface area contributed by atoms with Gasteiger partial charge in [-0.15, -0.1) is 11.6 Å². The number of fused-ring (bicyclic) bond motifs is 1. The number of alkyl halides is 1. The van der Waals surface area contributed by atoms with Crippen LogP contribution in [0.5, 0.6) is 0 Å². The highest BCUT2D eigenvalue weighted by Crippen LogP contribution is 2.26. The number of benzene rings is 1. The Morgan fingerprint density at radius 1 is 1.11 bits per heavy atom. The van der Waals surface area contributed by atoms with Crippen molar-refractivity contribution in [3.63, 3.8) is 0 Å². The van der Waals surface area contributed by atoms with Crippen molar-refractivity contribution >= 4 is 28.2 Å². The molecule has 18 heavy (non-hydrogen) atoms. The molecule has 3 rings (SSSR count). The highest BCUT2D eigenvalue weighted by molar-refractivity contribution is 6.18. The molecule has 1 aliphatic heterocycles. The average molecular weight is 264 g/mol. The van der Waals surface area contributed by atoms with Gasteiger partial charge in [0.05, 0.1) is 0 Å². The largest absolute Gasteiger partial charge is 0.368 e. The average Bonchev–Trinajstić information content (AvgIpc) is 2.88. The minimum Gasteiger partial charge on any atom is -0.368 e. The smallest absolute Gasteiger partial charge is 0.0474 e. The summed E-state index contributed by atoms with van der Waals surface area (Å²) in [5, 5.41) is 1.32. The first-order valence-corrected chi connectivity index (χ1v) is 7.01. The molecule has 96 valence electrons. The van der Waals surface area contributed by atoms with Gasteiger partial charge >= 0.3 is 0 Å². The van der Waals surface area contributed by atoms with Crippen molar-refractivity contribution in [1.29, 1.82) is 0 Å². The maximum Gasteiger partial charge on any atom is 0.0474 e. The van der Waals surface area contributed by atoms with E-state index < -0.39 is 0 Å². The second kappa shape index (κ2) is 5.21. The van der Waals surface area contributed by atoms with Gasteiger partial charge in [-0.2, -0.15) is 0 Å². The summed E-state index contributed by atoms with van der Waals surface area (Å²) in [6, 6.07) is 8.63. The maximum absolute atomic E-state index is 5.79. The van der Waals surface area contributed by atoms with Crippen LogP contribution in [0, 0.1) is 0 Å². The van der Waals surface area contributed by atoms with E-state index in [4.69, 9.17) is 11.6 Å². The molecule has 0 aliphatic carbocycles. The lowest BCUT2D eigenvalue weighted by molar-refractivity contribution is 0.273. The Morgan fingerprint density at radius 3 is 2.72 bits per heavy atom. The van der Waals surface area contributed by atoms with Crippen molar-refractivity contribution in [2.24, 2.45) is 0 Å². The number of rotatable bonds is 3. The lowest BCUT2D eigenvalue weighted by Crippen LogP contribution is -2.47. The highest BCUT2D eigenvalue weighted by atomic mass is 35.5. The summed E-state index contributed by atoms with van der Waals surface area (Å²) in [7, 11) is 0. The molecule has 1 fully saturated rings. The van der Waals surface area contributed by atoms with E-state index >= 15 is 0 Å². The molecular formula is C14H18ClN3. The van der Waals surface area contributed by atoms with Gasteiger partial charge in [0.2, 0.25) is 0 Å². The van der Waals surface area contributed by atoms with Gasteiger partial charge in [-0.25, -0.2) is 0 Å². The van der Waals surface area contributed by atoms with Gasteiger partial charge < -0.3 is 9.88 Å². The predicted molar refractivity (Wildman–Crippen MR) is 77.7 cm³/mol. The molecule has 1 N–H and O–H groups in total. The third-order valence-corrected chi connectivity index (χ3v) is 3.85. The van der Waals surface area contributed by atoms with Crippen LogP contribution in [-0.4, -0.2) is 48.5 Å². The molecule has 1 aromatic carbocycles. The normalized spacial score (nSPS) is 17.5.